The van der Waals surface area contributed by atoms with E-state index >= 15 is 0 Å². The minimum Gasteiger partial charge on any atom is -0.790 e. The first-order chi connectivity index (χ1) is 5.41. The Kier molecular flexibility index (Phi) is 11.3. The van der Waals surface area contributed by atoms with E-state index in [0.29, 0.717) is 0 Å². The normalized spacial score (nSPS) is 15.8. The van der Waals surface area contributed by atoms with Crippen LogP contribution in [0.4, 0.5) is 0 Å². The van der Waals surface area contributed by atoms with Gasteiger partial charge >= 0.3 is 60.4 Å². The van der Waals surface area contributed by atoms with E-state index in [0.717, 1.165) is 0 Å². The van der Waals surface area contributed by atoms with Gasteiger partial charge in [0.15, 0.2) is 0 Å². The van der Waals surface area contributed by atoms with Gasteiger partial charge in [-0.05, 0) is 0 Å². The third-order valence-electron chi connectivity index (χ3n) is 0.406. The van der Waals surface area contributed by atoms with E-state index < -0.39 is 23.5 Å². The summed E-state index contributed by atoms with van der Waals surface area (Å²) in [6, 6.07) is 0. The molecule has 0 aliphatic heterocycles. The fourth-order valence-corrected chi connectivity index (χ4v) is 2.68. The average Bonchev–Trinajstić information content (AvgIpc) is 1.43. The Morgan fingerprint density at radius 1 is 0.933 bits per heavy atom. The van der Waals surface area contributed by atoms with Crippen LogP contribution in [0, 0.1) is 0 Å². The topological polar surface area (TPSA) is 179 Å². The second kappa shape index (κ2) is 7.58. The molecule has 10 nitrogen and oxygen atoms in total. The van der Waals surface area contributed by atoms with Crippen molar-refractivity contribution in [3.63, 3.8) is 0 Å². The predicted octanol–water partition coefficient (Wildman–Crippen LogP) is -5.97. The van der Waals surface area contributed by atoms with Gasteiger partial charge in [0.05, 0.1) is 7.82 Å². The summed E-state index contributed by atoms with van der Waals surface area (Å²) in [5.41, 5.74) is 0. The van der Waals surface area contributed by atoms with Crippen LogP contribution in [0.1, 0.15) is 0 Å². The van der Waals surface area contributed by atoms with Gasteiger partial charge in [0, 0.05) is 0 Å². The zero-order valence-corrected chi connectivity index (χ0v) is 13.3. The first-order valence-corrected chi connectivity index (χ1v) is 6.68. The van der Waals surface area contributed by atoms with E-state index in [1.54, 1.807) is 0 Å². The van der Waals surface area contributed by atoms with E-state index in [-0.39, 0.29) is 52.6 Å². The van der Waals surface area contributed by atoms with Crippen molar-refractivity contribution in [3.05, 3.63) is 0 Å². The van der Waals surface area contributed by atoms with Gasteiger partial charge in [-0.3, -0.25) is 8.88 Å². The molecule has 0 rings (SSSR count). The molecule has 0 saturated heterocycles. The zero-order valence-electron chi connectivity index (χ0n) is 7.21. The quantitative estimate of drug-likeness (QED) is 0.375. The molecule has 2 N–H and O–H groups in total. The van der Waals surface area contributed by atoms with Crippen molar-refractivity contribution >= 4 is 46.5 Å². The molecule has 0 bridgehead atoms. The third kappa shape index (κ3) is 16.2. The summed E-state index contributed by atoms with van der Waals surface area (Å²) < 4.78 is 35.3. The molecule has 1 atom stereocenters. The molecule has 0 aromatic carbocycles. The largest absolute Gasteiger partial charge is 2.00 e. The Morgan fingerprint density at radius 3 is 1.47 bits per heavy atom. The number of hydrogen-bond donors (Lipinski definition) is 2. The molecule has 0 aromatic rings. The molecule has 0 heterocycles. The fraction of sp³-hybridized carbons (Fsp3) is 0. The van der Waals surface area contributed by atoms with Gasteiger partial charge in [-0.25, -0.2) is 8.88 Å². The van der Waals surface area contributed by atoms with Crippen LogP contribution in [-0.2, 0) is 22.3 Å². The number of phosphoric acid groups is 3. The van der Waals surface area contributed by atoms with Crippen molar-refractivity contribution in [2.75, 3.05) is 0 Å². The molecule has 0 fully saturated rings. The minimum atomic E-state index is -5.92. The van der Waals surface area contributed by atoms with E-state index in [1.165, 1.54) is 0 Å². The van der Waals surface area contributed by atoms with Gasteiger partial charge in [-0.1, -0.05) is 0 Å². The van der Waals surface area contributed by atoms with Crippen LogP contribution in [0.15, 0.2) is 0 Å². The summed E-state index contributed by atoms with van der Waals surface area (Å²) in [5.74, 6) is 0. The van der Waals surface area contributed by atoms with E-state index in [4.69, 9.17) is 9.79 Å². The summed E-state index contributed by atoms with van der Waals surface area (Å²) in [7, 11) is -17.2. The van der Waals surface area contributed by atoms with Crippen LogP contribution >= 0.6 is 23.5 Å². The minimum absolute atomic E-state index is 0. The summed E-state index contributed by atoms with van der Waals surface area (Å²) >= 11 is 0. The standard InChI is InChI=1S/Mg.Na.H5O10P3/c;;1-11(2,3)9-13(7,8)10-12(4,5)6/h;;(H,7,8)(H2,1,2,3)(H2,4,5,6)/q+2;+1;/p-3. The SMILES string of the molecule is O=P([O-])([O-])OP(=O)([O-])OP(=O)(O)O.[Mg+2].[Na+]. The molecule has 80 valence electrons. The van der Waals surface area contributed by atoms with Gasteiger partial charge in [0.2, 0.25) is 0 Å². The molecular weight excluding hydrogens is 300 g/mol. The smallest absolute Gasteiger partial charge is 0.790 e. The molecule has 15 heteroatoms. The maximum atomic E-state index is 10.2. The number of hydrogen-bond acceptors (Lipinski definition) is 8. The predicted molar refractivity (Wildman–Crippen MR) is 35.2 cm³/mol. The Hall–Kier alpha value is 2.18. The Balaban J connectivity index is -0.000000720. The summed E-state index contributed by atoms with van der Waals surface area (Å²) in [5, 5.41) is 0. The van der Waals surface area contributed by atoms with Crippen LogP contribution in [0.25, 0.3) is 0 Å². The zero-order chi connectivity index (χ0) is 10.9. The van der Waals surface area contributed by atoms with Gasteiger partial charge in [-0.15, -0.1) is 0 Å². The Morgan fingerprint density at radius 2 is 1.27 bits per heavy atom. The van der Waals surface area contributed by atoms with E-state index in [2.05, 4.69) is 8.62 Å². The van der Waals surface area contributed by atoms with Crippen molar-refractivity contribution in [1.29, 1.82) is 0 Å². The van der Waals surface area contributed by atoms with Crippen molar-refractivity contribution < 1.29 is 76.3 Å². The average molecular weight is 302 g/mol. The monoisotopic (exact) mass is 302 g/mol. The molecular formula is H2MgNaO10P3. The van der Waals surface area contributed by atoms with Crippen LogP contribution < -0.4 is 44.2 Å². The Bertz CT molecular complexity index is 283. The fourth-order valence-electron chi connectivity index (χ4n) is 0.268. The molecule has 0 amide bonds. The summed E-state index contributed by atoms with van der Waals surface area (Å²) in [6.45, 7) is 0. The van der Waals surface area contributed by atoms with Crippen LogP contribution in [0.5, 0.6) is 0 Å². The third-order valence-corrected chi connectivity index (χ3v) is 3.66. The number of rotatable bonds is 4. The van der Waals surface area contributed by atoms with Crippen LogP contribution in [-0.4, -0.2) is 32.8 Å². The van der Waals surface area contributed by atoms with Crippen LogP contribution in [0.2, 0.25) is 0 Å². The molecule has 1 unspecified atom stereocenters. The van der Waals surface area contributed by atoms with Gasteiger partial charge in [0.1, 0.15) is 0 Å². The molecule has 0 aliphatic carbocycles. The molecule has 15 heavy (non-hydrogen) atoms. The van der Waals surface area contributed by atoms with Gasteiger partial charge in [0.25, 0.3) is 7.82 Å². The summed E-state index contributed by atoms with van der Waals surface area (Å²) in [4.78, 5) is 45.3. The van der Waals surface area contributed by atoms with Crippen molar-refractivity contribution in [1.82, 2.24) is 0 Å². The molecule has 0 aromatic heterocycles. The van der Waals surface area contributed by atoms with E-state index in [1.807, 2.05) is 0 Å². The second-order valence-electron chi connectivity index (χ2n) is 1.55. The van der Waals surface area contributed by atoms with Crippen molar-refractivity contribution in [3.8, 4) is 0 Å². The van der Waals surface area contributed by atoms with E-state index in [9.17, 15) is 28.4 Å². The molecule has 0 radical (unpaired) electrons. The van der Waals surface area contributed by atoms with Gasteiger partial charge in [-0.2, -0.15) is 0 Å². The van der Waals surface area contributed by atoms with Crippen molar-refractivity contribution in [2.45, 2.75) is 0 Å². The van der Waals surface area contributed by atoms with Crippen molar-refractivity contribution in [2.24, 2.45) is 0 Å². The first-order valence-electron chi connectivity index (χ1n) is 2.23. The second-order valence-corrected chi connectivity index (χ2v) is 5.62. The Labute approximate surface area is 122 Å². The molecule has 0 saturated carbocycles. The maximum absolute atomic E-state index is 10.2. The molecule has 0 aliphatic rings. The summed E-state index contributed by atoms with van der Waals surface area (Å²) in [6.07, 6.45) is 0. The molecule has 0 spiro atoms. The van der Waals surface area contributed by atoms with Crippen LogP contribution in [0.3, 0.4) is 0 Å². The van der Waals surface area contributed by atoms with Gasteiger partial charge < -0.3 is 29.0 Å². The first kappa shape index (κ1) is 22.4. The maximum Gasteiger partial charge on any atom is 2.00 e.